The van der Waals surface area contributed by atoms with E-state index >= 15 is 0 Å². The van der Waals surface area contributed by atoms with Crippen LogP contribution in [-0.2, 0) is 6.54 Å². The lowest BCUT2D eigenvalue weighted by Crippen LogP contribution is -2.26. The molecule has 1 N–H and O–H groups in total. The number of benzene rings is 1. The van der Waals surface area contributed by atoms with Crippen LogP contribution in [0, 0.1) is 5.92 Å². The molecule has 0 radical (unpaired) electrons. The number of likely N-dealkylation sites (N-methyl/N-ethyl adjacent to an activating group) is 1. The number of para-hydroxylation sites is 1. The Balaban J connectivity index is 2.32. The molecule has 1 rings (SSSR count). The van der Waals surface area contributed by atoms with E-state index in [1.54, 1.807) is 0 Å². The van der Waals surface area contributed by atoms with Crippen LogP contribution in [0.25, 0.3) is 0 Å². The monoisotopic (exact) mass is 264 g/mol. The summed E-state index contributed by atoms with van der Waals surface area (Å²) in [6.45, 7) is 8.23. The lowest BCUT2D eigenvalue weighted by Gasteiger charge is -2.18. The molecule has 0 heterocycles. The number of rotatable bonds is 9. The fourth-order valence-electron chi connectivity index (χ4n) is 1.88. The topological polar surface area (TPSA) is 24.5 Å². The lowest BCUT2D eigenvalue weighted by atomic mass is 10.1. The van der Waals surface area contributed by atoms with Gasteiger partial charge in [-0.2, -0.15) is 0 Å². The van der Waals surface area contributed by atoms with Crippen LogP contribution < -0.4 is 10.1 Å². The van der Waals surface area contributed by atoms with E-state index in [-0.39, 0.29) is 0 Å². The summed E-state index contributed by atoms with van der Waals surface area (Å²) in [7, 11) is 4.11. The highest BCUT2D eigenvalue weighted by atomic mass is 16.5. The summed E-state index contributed by atoms with van der Waals surface area (Å²) < 4.78 is 5.89. The van der Waals surface area contributed by atoms with Crippen LogP contribution in [0.4, 0.5) is 0 Å². The number of nitrogens with zero attached hydrogens (tertiary/aromatic N) is 1. The third kappa shape index (κ3) is 6.60. The Bertz CT molecular complexity index is 352. The minimum atomic E-state index is 0.745. The van der Waals surface area contributed by atoms with Gasteiger partial charge >= 0.3 is 0 Å². The second-order valence-corrected chi connectivity index (χ2v) is 5.47. The van der Waals surface area contributed by atoms with Crippen molar-refractivity contribution < 1.29 is 4.74 Å². The molecule has 0 unspecified atom stereocenters. The number of hydrogen-bond donors (Lipinski definition) is 1. The van der Waals surface area contributed by atoms with Gasteiger partial charge in [-0.15, -0.1) is 0 Å². The van der Waals surface area contributed by atoms with Crippen molar-refractivity contribution in [1.82, 2.24) is 10.2 Å². The molecule has 0 atom stereocenters. The fraction of sp³-hybridized carbons (Fsp3) is 0.625. The van der Waals surface area contributed by atoms with Crippen LogP contribution in [0.1, 0.15) is 25.8 Å². The Morgan fingerprint density at radius 3 is 2.63 bits per heavy atom. The molecule has 0 aromatic heterocycles. The van der Waals surface area contributed by atoms with E-state index in [0.29, 0.717) is 0 Å². The van der Waals surface area contributed by atoms with Gasteiger partial charge in [0.25, 0.3) is 0 Å². The molecule has 0 saturated carbocycles. The smallest absolute Gasteiger partial charge is 0.123 e. The molecule has 0 fully saturated rings. The van der Waals surface area contributed by atoms with Gasteiger partial charge in [-0.25, -0.2) is 0 Å². The minimum absolute atomic E-state index is 0.745. The quantitative estimate of drug-likeness (QED) is 0.742. The Kier molecular flexibility index (Phi) is 7.53. The maximum Gasteiger partial charge on any atom is 0.123 e. The highest BCUT2D eigenvalue weighted by Gasteiger charge is 2.04. The van der Waals surface area contributed by atoms with Gasteiger partial charge in [-0.3, -0.25) is 0 Å². The van der Waals surface area contributed by atoms with E-state index in [9.17, 15) is 0 Å². The summed E-state index contributed by atoms with van der Waals surface area (Å²) in [6.07, 6.45) is 1.24. The van der Waals surface area contributed by atoms with Gasteiger partial charge in [0.15, 0.2) is 0 Å². The van der Waals surface area contributed by atoms with Gasteiger partial charge in [-0.05, 0) is 39.0 Å². The van der Waals surface area contributed by atoms with Crippen LogP contribution in [0.2, 0.25) is 0 Å². The summed E-state index contributed by atoms with van der Waals surface area (Å²) >= 11 is 0. The Morgan fingerprint density at radius 1 is 1.21 bits per heavy atom. The van der Waals surface area contributed by atoms with Crippen LogP contribution in [0.5, 0.6) is 5.75 Å². The molecular formula is C16H28N2O. The molecule has 1 aromatic carbocycles. The first-order chi connectivity index (χ1) is 9.13. The molecule has 0 spiro atoms. The second kappa shape index (κ2) is 8.94. The molecular weight excluding hydrogens is 236 g/mol. The van der Waals surface area contributed by atoms with E-state index in [1.807, 2.05) is 25.2 Å². The van der Waals surface area contributed by atoms with Crippen molar-refractivity contribution in [2.75, 3.05) is 33.8 Å². The average molecular weight is 264 g/mol. The second-order valence-electron chi connectivity index (χ2n) is 5.47. The fourth-order valence-corrected chi connectivity index (χ4v) is 1.88. The molecule has 0 saturated heterocycles. The maximum absolute atomic E-state index is 5.89. The highest BCUT2D eigenvalue weighted by Crippen LogP contribution is 2.17. The van der Waals surface area contributed by atoms with E-state index < -0.39 is 0 Å². The van der Waals surface area contributed by atoms with Gasteiger partial charge in [0.1, 0.15) is 12.4 Å². The zero-order valence-electron chi connectivity index (χ0n) is 12.8. The van der Waals surface area contributed by atoms with Crippen LogP contribution >= 0.6 is 0 Å². The summed E-state index contributed by atoms with van der Waals surface area (Å²) in [6, 6.07) is 8.22. The average Bonchev–Trinajstić information content (AvgIpc) is 2.39. The number of nitrogens with one attached hydrogen (secondary N) is 1. The summed E-state index contributed by atoms with van der Waals surface area (Å²) in [5.41, 5.74) is 1.22. The zero-order valence-corrected chi connectivity index (χ0v) is 12.8. The standard InChI is InChI=1S/C16H28N2O/c1-14(2)9-10-18(4)11-12-19-16-8-6-5-7-15(16)13-17-3/h5-8,14,17H,9-13H2,1-4H3. The van der Waals surface area contributed by atoms with Crippen molar-refractivity contribution in [2.24, 2.45) is 5.92 Å². The lowest BCUT2D eigenvalue weighted by molar-refractivity contribution is 0.228. The minimum Gasteiger partial charge on any atom is -0.492 e. The van der Waals surface area contributed by atoms with Crippen LogP contribution in [0.3, 0.4) is 0 Å². The predicted molar refractivity (Wildman–Crippen MR) is 81.7 cm³/mol. The summed E-state index contributed by atoms with van der Waals surface area (Å²) in [5, 5.41) is 3.17. The molecule has 19 heavy (non-hydrogen) atoms. The van der Waals surface area contributed by atoms with E-state index in [4.69, 9.17) is 4.74 Å². The van der Waals surface area contributed by atoms with E-state index in [1.165, 1.54) is 12.0 Å². The number of hydrogen-bond acceptors (Lipinski definition) is 3. The van der Waals surface area contributed by atoms with Crippen molar-refractivity contribution in [3.8, 4) is 5.75 Å². The van der Waals surface area contributed by atoms with Crippen LogP contribution in [0.15, 0.2) is 24.3 Å². The normalized spacial score (nSPS) is 11.3. The first-order valence-electron chi connectivity index (χ1n) is 7.17. The highest BCUT2D eigenvalue weighted by molar-refractivity contribution is 5.33. The third-order valence-electron chi connectivity index (χ3n) is 3.16. The Morgan fingerprint density at radius 2 is 1.95 bits per heavy atom. The molecule has 1 aromatic rings. The first-order valence-corrected chi connectivity index (χ1v) is 7.17. The molecule has 0 amide bonds. The van der Waals surface area contributed by atoms with Crippen molar-refractivity contribution in [3.05, 3.63) is 29.8 Å². The summed E-state index contributed by atoms with van der Waals surface area (Å²) in [4.78, 5) is 2.33. The van der Waals surface area contributed by atoms with Crippen molar-refractivity contribution >= 4 is 0 Å². The third-order valence-corrected chi connectivity index (χ3v) is 3.16. The molecule has 0 aliphatic rings. The van der Waals surface area contributed by atoms with Crippen LogP contribution in [-0.4, -0.2) is 38.7 Å². The summed E-state index contributed by atoms with van der Waals surface area (Å²) in [5.74, 6) is 1.76. The predicted octanol–water partition coefficient (Wildman–Crippen LogP) is 2.76. The van der Waals surface area contributed by atoms with Crippen molar-refractivity contribution in [2.45, 2.75) is 26.8 Å². The van der Waals surface area contributed by atoms with Crippen molar-refractivity contribution in [1.29, 1.82) is 0 Å². The van der Waals surface area contributed by atoms with Crippen molar-refractivity contribution in [3.63, 3.8) is 0 Å². The van der Waals surface area contributed by atoms with E-state index in [2.05, 4.69) is 37.2 Å². The number of ether oxygens (including phenoxy) is 1. The SMILES string of the molecule is CNCc1ccccc1OCCN(C)CCC(C)C. The van der Waals surface area contributed by atoms with Gasteiger partial charge in [-0.1, -0.05) is 32.0 Å². The molecule has 0 aliphatic carbocycles. The van der Waals surface area contributed by atoms with Gasteiger partial charge in [0.05, 0.1) is 0 Å². The Labute approximate surface area is 118 Å². The van der Waals surface area contributed by atoms with E-state index in [0.717, 1.165) is 37.9 Å². The molecule has 108 valence electrons. The molecule has 0 aliphatic heterocycles. The Hall–Kier alpha value is -1.06. The molecule has 3 nitrogen and oxygen atoms in total. The maximum atomic E-state index is 5.89. The largest absolute Gasteiger partial charge is 0.492 e. The first kappa shape index (κ1) is 16.0. The molecule has 3 heteroatoms. The van der Waals surface area contributed by atoms with Gasteiger partial charge in [0.2, 0.25) is 0 Å². The van der Waals surface area contributed by atoms with Gasteiger partial charge < -0.3 is 15.0 Å². The zero-order chi connectivity index (χ0) is 14.1. The molecule has 0 bridgehead atoms. The van der Waals surface area contributed by atoms with Gasteiger partial charge in [0, 0.05) is 18.7 Å².